The van der Waals surface area contributed by atoms with Gasteiger partial charge in [-0.2, -0.15) is 4.37 Å². The van der Waals surface area contributed by atoms with E-state index < -0.39 is 0 Å². The first-order valence-electron chi connectivity index (χ1n) is 6.83. The van der Waals surface area contributed by atoms with Crippen LogP contribution in [0.2, 0.25) is 0 Å². The predicted molar refractivity (Wildman–Crippen MR) is 88.0 cm³/mol. The van der Waals surface area contributed by atoms with Crippen molar-refractivity contribution in [2.75, 3.05) is 12.4 Å². The van der Waals surface area contributed by atoms with Gasteiger partial charge in [0.2, 0.25) is 0 Å². The number of thioether (sulfide) groups is 1. The third-order valence-corrected chi connectivity index (χ3v) is 4.91. The Kier molecular flexibility index (Phi) is 4.82. The molecule has 23 heavy (non-hydrogen) atoms. The summed E-state index contributed by atoms with van der Waals surface area (Å²) < 4.78 is 23.2. The molecule has 0 saturated carbocycles. The molecule has 0 aliphatic rings. The van der Waals surface area contributed by atoms with Gasteiger partial charge in [-0.3, -0.25) is 4.79 Å². The Morgan fingerprint density at radius 1 is 1.30 bits per heavy atom. The number of carbonyl (C=O) groups excluding carboxylic acids is 1. The molecular formula is C15H12FN3O2S2. The molecule has 118 valence electrons. The first kappa shape index (κ1) is 15.8. The van der Waals surface area contributed by atoms with E-state index in [4.69, 9.17) is 4.74 Å². The topological polar surface area (TPSA) is 65.0 Å². The van der Waals surface area contributed by atoms with Crippen LogP contribution in [0.25, 0.3) is 21.5 Å². The Hall–Kier alpha value is -2.06. The van der Waals surface area contributed by atoms with Crippen LogP contribution in [0.3, 0.4) is 0 Å². The molecule has 3 aromatic rings. The lowest BCUT2D eigenvalue weighted by atomic mass is 10.1. The second kappa shape index (κ2) is 7.01. The van der Waals surface area contributed by atoms with E-state index in [2.05, 4.69) is 14.3 Å². The monoisotopic (exact) mass is 349 g/mol. The molecule has 0 atom stereocenters. The Morgan fingerprint density at radius 2 is 2.09 bits per heavy atom. The largest absolute Gasteiger partial charge is 0.465 e. The minimum absolute atomic E-state index is 0.184. The smallest absolute Gasteiger partial charge is 0.316 e. The highest BCUT2D eigenvalue weighted by atomic mass is 32.2. The van der Waals surface area contributed by atoms with Gasteiger partial charge in [-0.05, 0) is 42.7 Å². The second-order valence-electron chi connectivity index (χ2n) is 4.49. The number of hydrogen-bond acceptors (Lipinski definition) is 7. The van der Waals surface area contributed by atoms with E-state index in [-0.39, 0.29) is 17.5 Å². The van der Waals surface area contributed by atoms with Crippen molar-refractivity contribution in [3.63, 3.8) is 0 Å². The number of nitrogens with zero attached hydrogens (tertiary/aromatic N) is 3. The molecule has 0 aliphatic heterocycles. The minimum atomic E-state index is -0.298. The number of carbonyl (C=O) groups is 1. The predicted octanol–water partition coefficient (Wildman–Crippen LogP) is 3.55. The quantitative estimate of drug-likeness (QED) is 0.399. The van der Waals surface area contributed by atoms with Gasteiger partial charge < -0.3 is 4.74 Å². The molecule has 0 aliphatic carbocycles. The Labute approximate surface area is 140 Å². The summed E-state index contributed by atoms with van der Waals surface area (Å²) in [5.41, 5.74) is 2.17. The summed E-state index contributed by atoms with van der Waals surface area (Å²) in [4.78, 5) is 20.0. The first-order valence-corrected chi connectivity index (χ1v) is 8.59. The third-order valence-electron chi connectivity index (χ3n) is 2.97. The van der Waals surface area contributed by atoms with E-state index in [1.165, 1.54) is 41.8 Å². The van der Waals surface area contributed by atoms with Crippen LogP contribution in [-0.4, -0.2) is 32.7 Å². The summed E-state index contributed by atoms with van der Waals surface area (Å²) in [6.45, 7) is 2.12. The molecule has 0 unspecified atom stereocenters. The van der Waals surface area contributed by atoms with Crippen molar-refractivity contribution in [3.8, 4) is 11.3 Å². The third kappa shape index (κ3) is 3.48. The van der Waals surface area contributed by atoms with Crippen LogP contribution in [0, 0.1) is 5.82 Å². The van der Waals surface area contributed by atoms with Crippen molar-refractivity contribution in [3.05, 3.63) is 36.4 Å². The SMILES string of the molecule is CCOC(=O)CSc1ncnc2c(-c3ccc(F)cc3)nsc12. The van der Waals surface area contributed by atoms with Crippen molar-refractivity contribution in [2.24, 2.45) is 0 Å². The fourth-order valence-corrected chi connectivity index (χ4v) is 3.69. The summed E-state index contributed by atoms with van der Waals surface area (Å²) in [6, 6.07) is 6.10. The first-order chi connectivity index (χ1) is 11.2. The molecule has 0 saturated heterocycles. The average Bonchev–Trinajstić information content (AvgIpc) is 2.98. The van der Waals surface area contributed by atoms with Gasteiger partial charge in [-0.15, -0.1) is 0 Å². The molecule has 2 aromatic heterocycles. The van der Waals surface area contributed by atoms with Gasteiger partial charge in [0.1, 0.15) is 33.1 Å². The maximum atomic E-state index is 13.1. The maximum Gasteiger partial charge on any atom is 0.316 e. The number of halogens is 1. The average molecular weight is 349 g/mol. The standard InChI is InChI=1S/C15H12FN3O2S2/c1-2-21-11(20)7-22-15-14-13(17-8-18-15)12(19-23-14)9-3-5-10(16)6-4-9/h3-6,8H,2,7H2,1H3. The summed E-state index contributed by atoms with van der Waals surface area (Å²) in [7, 11) is 0. The van der Waals surface area contributed by atoms with Gasteiger partial charge in [0.25, 0.3) is 0 Å². The normalized spacial score (nSPS) is 10.9. The molecule has 3 rings (SSSR count). The molecule has 0 bridgehead atoms. The molecular weight excluding hydrogens is 337 g/mol. The van der Waals surface area contributed by atoms with E-state index in [0.717, 1.165) is 10.3 Å². The lowest BCUT2D eigenvalue weighted by molar-refractivity contribution is -0.139. The minimum Gasteiger partial charge on any atom is -0.465 e. The molecule has 8 heteroatoms. The molecule has 0 amide bonds. The van der Waals surface area contributed by atoms with Crippen molar-refractivity contribution in [1.29, 1.82) is 0 Å². The number of aromatic nitrogens is 3. The van der Waals surface area contributed by atoms with E-state index in [1.54, 1.807) is 19.1 Å². The molecule has 0 fully saturated rings. The summed E-state index contributed by atoms with van der Waals surface area (Å²) >= 11 is 2.56. The van der Waals surface area contributed by atoms with Crippen LogP contribution in [0.5, 0.6) is 0 Å². The van der Waals surface area contributed by atoms with Crippen LogP contribution in [-0.2, 0) is 9.53 Å². The summed E-state index contributed by atoms with van der Waals surface area (Å²) in [6.07, 6.45) is 1.44. The Morgan fingerprint density at radius 3 is 2.83 bits per heavy atom. The van der Waals surface area contributed by atoms with Crippen LogP contribution >= 0.6 is 23.3 Å². The molecule has 0 N–H and O–H groups in total. The highest BCUT2D eigenvalue weighted by Crippen LogP contribution is 2.34. The van der Waals surface area contributed by atoms with Crippen molar-refractivity contribution in [1.82, 2.24) is 14.3 Å². The van der Waals surface area contributed by atoms with Crippen molar-refractivity contribution in [2.45, 2.75) is 11.9 Å². The highest BCUT2D eigenvalue weighted by Gasteiger charge is 2.15. The van der Waals surface area contributed by atoms with Gasteiger partial charge in [-0.1, -0.05) is 11.8 Å². The molecule has 0 radical (unpaired) electrons. The number of ether oxygens (including phenoxy) is 1. The Balaban J connectivity index is 1.91. The lowest BCUT2D eigenvalue weighted by Crippen LogP contribution is -2.06. The van der Waals surface area contributed by atoms with E-state index >= 15 is 0 Å². The van der Waals surface area contributed by atoms with Crippen molar-refractivity contribution >= 4 is 39.5 Å². The second-order valence-corrected chi connectivity index (χ2v) is 6.23. The van der Waals surface area contributed by atoms with E-state index in [0.29, 0.717) is 22.8 Å². The molecule has 1 aromatic carbocycles. The van der Waals surface area contributed by atoms with Gasteiger partial charge in [0.15, 0.2) is 0 Å². The zero-order chi connectivity index (χ0) is 16.2. The lowest BCUT2D eigenvalue weighted by Gasteiger charge is -2.02. The van der Waals surface area contributed by atoms with Crippen LogP contribution in [0.1, 0.15) is 6.92 Å². The number of fused-ring (bicyclic) bond motifs is 1. The van der Waals surface area contributed by atoms with E-state index in [9.17, 15) is 9.18 Å². The highest BCUT2D eigenvalue weighted by molar-refractivity contribution is 8.00. The zero-order valence-corrected chi connectivity index (χ0v) is 13.8. The van der Waals surface area contributed by atoms with Crippen LogP contribution < -0.4 is 0 Å². The number of rotatable bonds is 5. The Bertz CT molecular complexity index is 836. The number of hydrogen-bond donors (Lipinski definition) is 0. The van der Waals surface area contributed by atoms with Gasteiger partial charge in [0.05, 0.1) is 12.4 Å². The molecule has 0 spiro atoms. The maximum absolute atomic E-state index is 13.1. The molecule has 2 heterocycles. The van der Waals surface area contributed by atoms with Gasteiger partial charge in [0, 0.05) is 5.56 Å². The van der Waals surface area contributed by atoms with Gasteiger partial charge >= 0.3 is 5.97 Å². The summed E-state index contributed by atoms with van der Waals surface area (Å²) in [5, 5.41) is 0.689. The summed E-state index contributed by atoms with van der Waals surface area (Å²) in [5.74, 6) is -0.398. The number of benzene rings is 1. The van der Waals surface area contributed by atoms with Crippen LogP contribution in [0.4, 0.5) is 4.39 Å². The zero-order valence-electron chi connectivity index (χ0n) is 12.2. The van der Waals surface area contributed by atoms with Gasteiger partial charge in [-0.25, -0.2) is 14.4 Å². The van der Waals surface area contributed by atoms with E-state index in [1.807, 2.05) is 0 Å². The van der Waals surface area contributed by atoms with Crippen LogP contribution in [0.15, 0.2) is 35.6 Å². The fourth-order valence-electron chi connectivity index (χ4n) is 1.97. The number of esters is 1. The molecule has 5 nitrogen and oxygen atoms in total. The fraction of sp³-hybridized carbons (Fsp3) is 0.200. The van der Waals surface area contributed by atoms with Crippen molar-refractivity contribution < 1.29 is 13.9 Å².